The van der Waals surface area contributed by atoms with E-state index >= 15 is 0 Å². The molecule has 3 heteroatoms. The SMILES string of the molecule is CC(C)c1cc(CCCCCCOc2ccc(/C(C#N)=C/c3ccccc3)cc2)c(C(C)C)s1. The van der Waals surface area contributed by atoms with Crippen LogP contribution in [0, 0.1) is 11.3 Å². The van der Waals surface area contributed by atoms with Crippen LogP contribution in [0.4, 0.5) is 0 Å². The van der Waals surface area contributed by atoms with E-state index in [1.54, 1.807) is 10.4 Å². The fourth-order valence-electron chi connectivity index (χ4n) is 4.02. The van der Waals surface area contributed by atoms with Gasteiger partial charge in [0.15, 0.2) is 0 Å². The predicted octanol–water partition coefficient (Wildman–Crippen LogP) is 9.24. The number of hydrogen-bond acceptors (Lipinski definition) is 3. The lowest BCUT2D eigenvalue weighted by atomic mass is 10.0. The Kier molecular flexibility index (Phi) is 9.98. The molecule has 0 N–H and O–H groups in total. The van der Waals surface area contributed by atoms with Crippen LogP contribution in [0.15, 0.2) is 60.7 Å². The van der Waals surface area contributed by atoms with Crippen molar-refractivity contribution in [2.45, 2.75) is 71.6 Å². The molecule has 3 rings (SSSR count). The van der Waals surface area contributed by atoms with Crippen LogP contribution >= 0.6 is 11.3 Å². The van der Waals surface area contributed by atoms with E-state index < -0.39 is 0 Å². The predicted molar refractivity (Wildman–Crippen MR) is 147 cm³/mol. The second kappa shape index (κ2) is 13.2. The molecule has 0 saturated heterocycles. The van der Waals surface area contributed by atoms with Gasteiger partial charge in [-0.15, -0.1) is 11.3 Å². The first-order valence-corrected chi connectivity index (χ1v) is 13.3. The highest BCUT2D eigenvalue weighted by atomic mass is 32.1. The number of hydrogen-bond donors (Lipinski definition) is 0. The number of nitrogens with zero attached hydrogens (tertiary/aromatic N) is 1. The molecule has 2 aromatic carbocycles. The van der Waals surface area contributed by atoms with Crippen molar-refractivity contribution in [3.05, 3.63) is 87.1 Å². The summed E-state index contributed by atoms with van der Waals surface area (Å²) in [5.74, 6) is 2.10. The Morgan fingerprint density at radius 1 is 0.912 bits per heavy atom. The smallest absolute Gasteiger partial charge is 0.119 e. The number of benzene rings is 2. The number of aryl methyl sites for hydroxylation is 1. The molecule has 0 unspecified atom stereocenters. The largest absolute Gasteiger partial charge is 0.494 e. The molecule has 0 aliphatic rings. The van der Waals surface area contributed by atoms with Crippen molar-refractivity contribution in [2.24, 2.45) is 0 Å². The molecule has 0 radical (unpaired) electrons. The lowest BCUT2D eigenvalue weighted by molar-refractivity contribution is 0.304. The fraction of sp³-hybridized carbons (Fsp3) is 0.387. The van der Waals surface area contributed by atoms with Crippen LogP contribution in [-0.4, -0.2) is 6.61 Å². The van der Waals surface area contributed by atoms with E-state index in [1.807, 2.05) is 72.0 Å². The zero-order valence-electron chi connectivity index (χ0n) is 21.0. The Bertz CT molecular complexity index is 1080. The van der Waals surface area contributed by atoms with Gasteiger partial charge < -0.3 is 4.74 Å². The lowest BCUT2D eigenvalue weighted by Crippen LogP contribution is -1.98. The highest BCUT2D eigenvalue weighted by molar-refractivity contribution is 7.12. The van der Waals surface area contributed by atoms with Crippen molar-refractivity contribution in [1.82, 2.24) is 0 Å². The zero-order chi connectivity index (χ0) is 24.3. The molecule has 1 aromatic heterocycles. The highest BCUT2D eigenvalue weighted by Crippen LogP contribution is 2.34. The Morgan fingerprint density at radius 3 is 2.26 bits per heavy atom. The van der Waals surface area contributed by atoms with Crippen molar-refractivity contribution in [2.75, 3.05) is 6.61 Å². The normalized spacial score (nSPS) is 11.7. The minimum Gasteiger partial charge on any atom is -0.494 e. The molecule has 3 aromatic rings. The molecule has 0 amide bonds. The summed E-state index contributed by atoms with van der Waals surface area (Å²) >= 11 is 2.01. The van der Waals surface area contributed by atoms with Crippen LogP contribution in [0.5, 0.6) is 5.75 Å². The quantitative estimate of drug-likeness (QED) is 0.150. The van der Waals surface area contributed by atoms with Gasteiger partial charge in [0.25, 0.3) is 0 Å². The summed E-state index contributed by atoms with van der Waals surface area (Å²) in [6.07, 6.45) is 7.85. The second-order valence-corrected chi connectivity index (χ2v) is 10.6. The Labute approximate surface area is 209 Å². The molecule has 0 spiro atoms. The van der Waals surface area contributed by atoms with Crippen LogP contribution in [0.3, 0.4) is 0 Å². The van der Waals surface area contributed by atoms with E-state index in [1.165, 1.54) is 30.6 Å². The summed E-state index contributed by atoms with van der Waals surface area (Å²) in [7, 11) is 0. The van der Waals surface area contributed by atoms with Crippen molar-refractivity contribution < 1.29 is 4.74 Å². The number of thiophene rings is 1. The van der Waals surface area contributed by atoms with Crippen LogP contribution in [-0.2, 0) is 6.42 Å². The molecule has 2 nitrogen and oxygen atoms in total. The van der Waals surface area contributed by atoms with Crippen LogP contribution in [0.2, 0.25) is 0 Å². The van der Waals surface area contributed by atoms with Gasteiger partial charge in [0, 0.05) is 9.75 Å². The highest BCUT2D eigenvalue weighted by Gasteiger charge is 2.13. The standard InChI is InChI=1S/C31H37NOS/c1-23(2)30-21-27(31(34-30)24(3)4)14-10-5-6-11-19-33-29-17-15-26(16-18-29)28(22-32)20-25-12-8-7-9-13-25/h7-9,12-13,15-18,20-21,23-24H,5-6,10-11,14,19H2,1-4H3/b28-20+. The summed E-state index contributed by atoms with van der Waals surface area (Å²) in [5, 5.41) is 9.55. The molecule has 0 aliphatic heterocycles. The first kappa shape index (κ1) is 25.8. The Balaban J connectivity index is 1.40. The average molecular weight is 472 g/mol. The van der Waals surface area contributed by atoms with Crippen molar-refractivity contribution in [3.63, 3.8) is 0 Å². The molecule has 0 bridgehead atoms. The van der Waals surface area contributed by atoms with Gasteiger partial charge in [0.2, 0.25) is 0 Å². The summed E-state index contributed by atoms with van der Waals surface area (Å²) in [6, 6.07) is 22.5. The number of unbranched alkanes of at least 4 members (excludes halogenated alkanes) is 3. The molecule has 178 valence electrons. The van der Waals surface area contributed by atoms with Gasteiger partial charge >= 0.3 is 0 Å². The molecular weight excluding hydrogens is 434 g/mol. The second-order valence-electron chi connectivity index (χ2n) is 9.47. The molecule has 0 atom stereocenters. The van der Waals surface area contributed by atoms with E-state index in [0.717, 1.165) is 29.9 Å². The number of rotatable bonds is 12. The fourth-order valence-corrected chi connectivity index (χ4v) is 5.24. The molecule has 1 heterocycles. The third-order valence-corrected chi connectivity index (χ3v) is 7.74. The van der Waals surface area contributed by atoms with Gasteiger partial charge in [-0.3, -0.25) is 0 Å². The summed E-state index contributed by atoms with van der Waals surface area (Å²) in [4.78, 5) is 3.10. The maximum absolute atomic E-state index is 9.55. The average Bonchev–Trinajstić information content (AvgIpc) is 3.28. The van der Waals surface area contributed by atoms with Crippen LogP contribution < -0.4 is 4.74 Å². The van der Waals surface area contributed by atoms with E-state index in [2.05, 4.69) is 39.8 Å². The third kappa shape index (κ3) is 7.61. The minimum atomic E-state index is 0.616. The van der Waals surface area contributed by atoms with Gasteiger partial charge in [-0.25, -0.2) is 0 Å². The number of ether oxygens (including phenoxy) is 1. The van der Waals surface area contributed by atoms with E-state index in [0.29, 0.717) is 17.4 Å². The maximum Gasteiger partial charge on any atom is 0.119 e. The van der Waals surface area contributed by atoms with Gasteiger partial charge in [-0.2, -0.15) is 5.26 Å². The van der Waals surface area contributed by atoms with Crippen LogP contribution in [0.25, 0.3) is 11.6 Å². The Morgan fingerprint density at radius 2 is 1.62 bits per heavy atom. The molecule has 34 heavy (non-hydrogen) atoms. The van der Waals surface area contributed by atoms with Crippen LogP contribution in [0.1, 0.15) is 91.7 Å². The third-order valence-electron chi connectivity index (χ3n) is 5.96. The molecule has 0 fully saturated rings. The van der Waals surface area contributed by atoms with E-state index in [9.17, 15) is 5.26 Å². The summed E-state index contributed by atoms with van der Waals surface area (Å²) in [6.45, 7) is 9.93. The van der Waals surface area contributed by atoms with Gasteiger partial charge in [0.1, 0.15) is 5.75 Å². The van der Waals surface area contributed by atoms with Crippen molar-refractivity contribution >= 4 is 23.0 Å². The molecule has 0 saturated carbocycles. The monoisotopic (exact) mass is 471 g/mol. The van der Waals surface area contributed by atoms with Gasteiger partial charge in [-0.1, -0.05) is 70.9 Å². The molecular formula is C31H37NOS. The number of nitriles is 1. The Hall–Kier alpha value is -2.83. The van der Waals surface area contributed by atoms with Gasteiger partial charge in [0.05, 0.1) is 18.2 Å². The topological polar surface area (TPSA) is 33.0 Å². The summed E-state index contributed by atoms with van der Waals surface area (Å²) in [5.41, 5.74) is 4.16. The first-order valence-electron chi connectivity index (χ1n) is 12.5. The minimum absolute atomic E-state index is 0.616. The maximum atomic E-state index is 9.55. The van der Waals surface area contributed by atoms with Crippen molar-refractivity contribution in [3.8, 4) is 11.8 Å². The number of allylic oxidation sites excluding steroid dienone is 1. The van der Waals surface area contributed by atoms with E-state index in [-0.39, 0.29) is 0 Å². The summed E-state index contributed by atoms with van der Waals surface area (Å²) < 4.78 is 5.94. The molecule has 0 aliphatic carbocycles. The van der Waals surface area contributed by atoms with E-state index in [4.69, 9.17) is 4.74 Å². The van der Waals surface area contributed by atoms with Crippen molar-refractivity contribution in [1.29, 1.82) is 5.26 Å². The zero-order valence-corrected chi connectivity index (χ0v) is 21.8. The lowest BCUT2D eigenvalue weighted by Gasteiger charge is -2.08. The van der Waals surface area contributed by atoms with Gasteiger partial charge in [-0.05, 0) is 84.2 Å². The first-order chi connectivity index (χ1) is 16.5.